The van der Waals surface area contributed by atoms with Crippen LogP contribution in [0.1, 0.15) is 24.8 Å². The molecule has 3 unspecified atom stereocenters. The molecular formula is C16H23BrIN3O2. The van der Waals surface area contributed by atoms with Crippen molar-refractivity contribution in [2.45, 2.75) is 44.1 Å². The van der Waals surface area contributed by atoms with Crippen molar-refractivity contribution in [2.75, 3.05) is 14.2 Å². The van der Waals surface area contributed by atoms with Gasteiger partial charge < -0.3 is 20.1 Å². The summed E-state index contributed by atoms with van der Waals surface area (Å²) >= 11 is 3.57. The normalized spacial score (nSPS) is 25.9. The van der Waals surface area contributed by atoms with Crippen LogP contribution in [0.4, 0.5) is 0 Å². The first kappa shape index (κ1) is 18.8. The molecule has 0 spiro atoms. The van der Waals surface area contributed by atoms with Crippen LogP contribution in [0.5, 0.6) is 5.75 Å². The zero-order valence-corrected chi connectivity index (χ0v) is 17.3. The molecule has 0 aliphatic carbocycles. The van der Waals surface area contributed by atoms with E-state index in [4.69, 9.17) is 9.47 Å². The van der Waals surface area contributed by atoms with Gasteiger partial charge in [0.15, 0.2) is 5.96 Å². The molecule has 2 bridgehead atoms. The Morgan fingerprint density at radius 3 is 2.87 bits per heavy atom. The fraction of sp³-hybridized carbons (Fsp3) is 0.562. The molecule has 0 saturated carbocycles. The van der Waals surface area contributed by atoms with Gasteiger partial charge in [0.25, 0.3) is 0 Å². The first-order valence-corrected chi connectivity index (χ1v) is 8.44. The number of nitrogens with zero attached hydrogens (tertiary/aromatic N) is 1. The summed E-state index contributed by atoms with van der Waals surface area (Å²) in [5.41, 5.74) is 1.13. The van der Waals surface area contributed by atoms with Crippen LogP contribution in [-0.4, -0.2) is 38.4 Å². The lowest BCUT2D eigenvalue weighted by molar-refractivity contribution is 0.0992. The number of fused-ring (bicyclic) bond motifs is 2. The summed E-state index contributed by atoms with van der Waals surface area (Å²) in [6.07, 6.45) is 4.21. The van der Waals surface area contributed by atoms with Gasteiger partial charge in [-0.1, -0.05) is 15.9 Å². The number of aliphatic imine (C=N–C) groups is 1. The van der Waals surface area contributed by atoms with Crippen molar-refractivity contribution in [1.82, 2.24) is 10.6 Å². The predicted molar refractivity (Wildman–Crippen MR) is 106 cm³/mol. The molecule has 2 aliphatic heterocycles. The van der Waals surface area contributed by atoms with Crippen molar-refractivity contribution < 1.29 is 9.47 Å². The third-order valence-corrected chi connectivity index (χ3v) is 5.12. The molecule has 1 aromatic rings. The number of benzene rings is 1. The fourth-order valence-electron chi connectivity index (χ4n) is 3.15. The second-order valence-corrected chi connectivity index (χ2v) is 6.60. The molecule has 0 radical (unpaired) electrons. The number of ether oxygens (including phenoxy) is 2. The largest absolute Gasteiger partial charge is 0.497 e. The zero-order valence-electron chi connectivity index (χ0n) is 13.3. The average Bonchev–Trinajstić information content (AvgIpc) is 3.15. The van der Waals surface area contributed by atoms with Gasteiger partial charge >= 0.3 is 0 Å². The third kappa shape index (κ3) is 4.51. The highest BCUT2D eigenvalue weighted by Gasteiger charge is 2.41. The maximum Gasteiger partial charge on any atom is 0.191 e. The lowest BCUT2D eigenvalue weighted by atomic mass is 9.96. The summed E-state index contributed by atoms with van der Waals surface area (Å²) < 4.78 is 12.2. The maximum atomic E-state index is 5.87. The lowest BCUT2D eigenvalue weighted by Gasteiger charge is -2.22. The molecule has 2 heterocycles. The summed E-state index contributed by atoms with van der Waals surface area (Å²) in [6.45, 7) is 0.680. The van der Waals surface area contributed by atoms with Gasteiger partial charge in [-0.15, -0.1) is 24.0 Å². The second-order valence-electron chi connectivity index (χ2n) is 5.74. The van der Waals surface area contributed by atoms with Crippen molar-refractivity contribution >= 4 is 45.9 Å². The topological polar surface area (TPSA) is 54.9 Å². The Labute approximate surface area is 162 Å². The number of hydrogen-bond acceptors (Lipinski definition) is 3. The number of methoxy groups -OCH3 is 1. The molecule has 2 fully saturated rings. The van der Waals surface area contributed by atoms with E-state index in [1.807, 2.05) is 18.2 Å². The van der Waals surface area contributed by atoms with Crippen molar-refractivity contribution in [3.05, 3.63) is 28.2 Å². The Bertz CT molecular complexity index is 570. The van der Waals surface area contributed by atoms with E-state index in [9.17, 15) is 0 Å². The minimum Gasteiger partial charge on any atom is -0.497 e. The number of rotatable bonds is 4. The molecule has 5 nitrogen and oxygen atoms in total. The van der Waals surface area contributed by atoms with E-state index in [0.29, 0.717) is 24.8 Å². The van der Waals surface area contributed by atoms with Crippen LogP contribution in [0.15, 0.2) is 27.7 Å². The van der Waals surface area contributed by atoms with Crippen molar-refractivity contribution in [1.29, 1.82) is 0 Å². The molecule has 2 N–H and O–H groups in total. The highest BCUT2D eigenvalue weighted by molar-refractivity contribution is 14.0. The molecule has 0 amide bonds. The Hall–Kier alpha value is -0.540. The summed E-state index contributed by atoms with van der Waals surface area (Å²) in [5, 5.41) is 6.84. The Morgan fingerprint density at radius 2 is 2.26 bits per heavy atom. The van der Waals surface area contributed by atoms with Crippen LogP contribution in [0, 0.1) is 0 Å². The standard InChI is InChI=1S/C16H22BrN3O2.HI/c1-18-16(20-14-8-12-4-6-15(14)22-12)19-9-10-7-11(21-2)3-5-13(10)17;/h3,5,7,12,14-15H,4,6,8-9H2,1-2H3,(H2,18,19,20);1H. The van der Waals surface area contributed by atoms with Crippen molar-refractivity contribution in [2.24, 2.45) is 4.99 Å². The molecule has 2 saturated heterocycles. The highest BCUT2D eigenvalue weighted by Crippen LogP contribution is 2.34. The minimum atomic E-state index is 0. The highest BCUT2D eigenvalue weighted by atomic mass is 127. The molecule has 23 heavy (non-hydrogen) atoms. The van der Waals surface area contributed by atoms with Gasteiger partial charge in [-0.25, -0.2) is 0 Å². The van der Waals surface area contributed by atoms with Gasteiger partial charge in [0, 0.05) is 18.1 Å². The quantitative estimate of drug-likeness (QED) is 0.383. The van der Waals surface area contributed by atoms with Crippen LogP contribution in [0.2, 0.25) is 0 Å². The van der Waals surface area contributed by atoms with Crippen LogP contribution >= 0.6 is 39.9 Å². The number of halogens is 2. The number of nitrogens with one attached hydrogen (secondary N) is 2. The van der Waals surface area contributed by atoms with E-state index >= 15 is 0 Å². The molecular weight excluding hydrogens is 473 g/mol. The molecule has 0 aromatic heterocycles. The Morgan fingerprint density at radius 1 is 1.43 bits per heavy atom. The zero-order chi connectivity index (χ0) is 15.5. The van der Waals surface area contributed by atoms with Crippen molar-refractivity contribution in [3.8, 4) is 5.75 Å². The molecule has 7 heteroatoms. The Kier molecular flexibility index (Phi) is 6.97. The SMILES string of the molecule is CN=C(NCc1cc(OC)ccc1Br)NC1CC2CCC1O2.I. The molecule has 1 aromatic carbocycles. The summed E-state index contributed by atoms with van der Waals surface area (Å²) in [6, 6.07) is 6.33. The van der Waals surface area contributed by atoms with E-state index < -0.39 is 0 Å². The van der Waals surface area contributed by atoms with Gasteiger partial charge in [0.1, 0.15) is 5.75 Å². The van der Waals surface area contributed by atoms with Crippen LogP contribution in [0.3, 0.4) is 0 Å². The monoisotopic (exact) mass is 495 g/mol. The molecule has 3 atom stereocenters. The summed E-state index contributed by atoms with van der Waals surface area (Å²) in [7, 11) is 3.47. The third-order valence-electron chi connectivity index (χ3n) is 4.35. The number of guanidine groups is 1. The Balaban J connectivity index is 0.00000192. The van der Waals surface area contributed by atoms with Crippen molar-refractivity contribution in [3.63, 3.8) is 0 Å². The molecule has 3 rings (SSSR count). The first-order valence-electron chi connectivity index (χ1n) is 7.64. The predicted octanol–water partition coefficient (Wildman–Crippen LogP) is 3.06. The van der Waals surface area contributed by atoms with Gasteiger partial charge in [0.2, 0.25) is 0 Å². The summed E-state index contributed by atoms with van der Waals surface area (Å²) in [5.74, 6) is 1.67. The van der Waals surface area contributed by atoms with E-state index in [2.05, 4.69) is 31.6 Å². The van der Waals surface area contributed by atoms with E-state index in [0.717, 1.165) is 34.6 Å². The number of hydrogen-bond donors (Lipinski definition) is 2. The summed E-state index contributed by atoms with van der Waals surface area (Å²) in [4.78, 5) is 4.31. The smallest absolute Gasteiger partial charge is 0.191 e. The second kappa shape index (κ2) is 8.53. The first-order chi connectivity index (χ1) is 10.7. The molecule has 2 aliphatic rings. The maximum absolute atomic E-state index is 5.87. The van der Waals surface area contributed by atoms with Gasteiger partial charge in [-0.05, 0) is 43.0 Å². The fourth-order valence-corrected chi connectivity index (χ4v) is 3.54. The van der Waals surface area contributed by atoms with Crippen LogP contribution in [-0.2, 0) is 11.3 Å². The molecule has 128 valence electrons. The van der Waals surface area contributed by atoms with E-state index in [-0.39, 0.29) is 24.0 Å². The van der Waals surface area contributed by atoms with Gasteiger partial charge in [-0.3, -0.25) is 4.99 Å². The van der Waals surface area contributed by atoms with E-state index in [1.165, 1.54) is 6.42 Å². The average molecular weight is 496 g/mol. The van der Waals surface area contributed by atoms with Gasteiger partial charge in [0.05, 0.1) is 25.4 Å². The minimum absolute atomic E-state index is 0. The van der Waals surface area contributed by atoms with Crippen LogP contribution < -0.4 is 15.4 Å². The van der Waals surface area contributed by atoms with Gasteiger partial charge in [-0.2, -0.15) is 0 Å². The van der Waals surface area contributed by atoms with Crippen LogP contribution in [0.25, 0.3) is 0 Å². The van der Waals surface area contributed by atoms with E-state index in [1.54, 1.807) is 14.2 Å². The lowest BCUT2D eigenvalue weighted by Crippen LogP contribution is -2.47.